The van der Waals surface area contributed by atoms with Gasteiger partial charge in [-0.05, 0) is 69.8 Å². The van der Waals surface area contributed by atoms with Crippen molar-refractivity contribution in [3.8, 4) is 5.75 Å². The van der Waals surface area contributed by atoms with Crippen molar-refractivity contribution in [3.63, 3.8) is 0 Å². The Hall–Kier alpha value is -2.33. The predicted octanol–water partition coefficient (Wildman–Crippen LogP) is 4.35. The number of amides is 1. The molecule has 1 fully saturated rings. The van der Waals surface area contributed by atoms with Gasteiger partial charge in [-0.15, -0.1) is 0 Å². The molecule has 1 saturated heterocycles. The topological polar surface area (TPSA) is 41.6 Å². The van der Waals surface area contributed by atoms with E-state index in [1.54, 1.807) is 0 Å². The zero-order valence-electron chi connectivity index (χ0n) is 17.8. The molecule has 2 aromatic rings. The normalized spacial score (nSPS) is 15.2. The first kappa shape index (κ1) is 21.4. The summed E-state index contributed by atoms with van der Waals surface area (Å²) in [5, 5.41) is 3.15. The zero-order chi connectivity index (χ0) is 20.5. The van der Waals surface area contributed by atoms with E-state index in [1.165, 1.54) is 16.7 Å². The SMILES string of the molecule is CCOc1ccccc1CCCNC(=O)C1CCN(Cc2cccc(C)c2)CC1. The molecule has 0 aromatic heterocycles. The molecule has 1 heterocycles. The second-order valence-electron chi connectivity index (χ2n) is 7.97. The quantitative estimate of drug-likeness (QED) is 0.643. The van der Waals surface area contributed by atoms with Crippen molar-refractivity contribution >= 4 is 5.91 Å². The zero-order valence-corrected chi connectivity index (χ0v) is 17.8. The van der Waals surface area contributed by atoms with Gasteiger partial charge in [0.05, 0.1) is 6.61 Å². The lowest BCUT2D eigenvalue weighted by Crippen LogP contribution is -2.40. The summed E-state index contributed by atoms with van der Waals surface area (Å²) in [6.07, 6.45) is 3.75. The summed E-state index contributed by atoms with van der Waals surface area (Å²) in [7, 11) is 0. The van der Waals surface area contributed by atoms with Crippen LogP contribution in [0.4, 0.5) is 0 Å². The number of piperidine rings is 1. The number of carbonyl (C=O) groups is 1. The number of nitrogens with zero attached hydrogens (tertiary/aromatic N) is 1. The minimum atomic E-state index is 0.152. The lowest BCUT2D eigenvalue weighted by Gasteiger charge is -2.31. The van der Waals surface area contributed by atoms with E-state index in [9.17, 15) is 4.79 Å². The molecule has 0 unspecified atom stereocenters. The third-order valence-electron chi connectivity index (χ3n) is 5.64. The summed E-state index contributed by atoms with van der Waals surface area (Å²) >= 11 is 0. The molecule has 3 rings (SSSR count). The number of ether oxygens (including phenoxy) is 1. The predicted molar refractivity (Wildman–Crippen MR) is 118 cm³/mol. The van der Waals surface area contributed by atoms with Crippen LogP contribution in [0.5, 0.6) is 5.75 Å². The minimum absolute atomic E-state index is 0.152. The van der Waals surface area contributed by atoms with Crippen molar-refractivity contribution in [1.82, 2.24) is 10.2 Å². The number of rotatable bonds is 9. The highest BCUT2D eigenvalue weighted by molar-refractivity contribution is 5.78. The summed E-state index contributed by atoms with van der Waals surface area (Å²) in [6, 6.07) is 16.9. The maximum absolute atomic E-state index is 12.5. The number of likely N-dealkylation sites (tertiary alicyclic amines) is 1. The van der Waals surface area contributed by atoms with Gasteiger partial charge in [-0.2, -0.15) is 0 Å². The highest BCUT2D eigenvalue weighted by Crippen LogP contribution is 2.21. The van der Waals surface area contributed by atoms with Crippen molar-refractivity contribution in [2.45, 2.75) is 46.1 Å². The fourth-order valence-electron chi connectivity index (χ4n) is 4.06. The Balaban J connectivity index is 1.36. The Morgan fingerprint density at radius 2 is 1.93 bits per heavy atom. The maximum Gasteiger partial charge on any atom is 0.223 e. The Morgan fingerprint density at radius 1 is 1.14 bits per heavy atom. The molecule has 4 heteroatoms. The van der Waals surface area contributed by atoms with Gasteiger partial charge >= 0.3 is 0 Å². The lowest BCUT2D eigenvalue weighted by atomic mass is 9.95. The van der Waals surface area contributed by atoms with Crippen LogP contribution in [0.15, 0.2) is 48.5 Å². The lowest BCUT2D eigenvalue weighted by molar-refractivity contribution is -0.126. The molecule has 4 nitrogen and oxygen atoms in total. The van der Waals surface area contributed by atoms with Gasteiger partial charge in [0.1, 0.15) is 5.75 Å². The first-order valence-electron chi connectivity index (χ1n) is 10.9. The first-order chi connectivity index (χ1) is 14.2. The number of aryl methyl sites for hydroxylation is 2. The first-order valence-corrected chi connectivity index (χ1v) is 10.9. The highest BCUT2D eigenvalue weighted by Gasteiger charge is 2.24. The molecule has 1 N–H and O–H groups in total. The summed E-state index contributed by atoms with van der Waals surface area (Å²) in [4.78, 5) is 15.0. The Labute approximate surface area is 175 Å². The summed E-state index contributed by atoms with van der Waals surface area (Å²) in [5.74, 6) is 1.33. The van der Waals surface area contributed by atoms with E-state index < -0.39 is 0 Å². The van der Waals surface area contributed by atoms with Crippen molar-refractivity contribution in [2.24, 2.45) is 5.92 Å². The second kappa shape index (κ2) is 11.0. The molecule has 1 aliphatic heterocycles. The summed E-state index contributed by atoms with van der Waals surface area (Å²) in [5.41, 5.74) is 3.88. The van der Waals surface area contributed by atoms with E-state index in [-0.39, 0.29) is 11.8 Å². The van der Waals surface area contributed by atoms with E-state index in [4.69, 9.17) is 4.74 Å². The van der Waals surface area contributed by atoms with Crippen LogP contribution in [0.3, 0.4) is 0 Å². The number of benzene rings is 2. The van der Waals surface area contributed by atoms with Crippen LogP contribution in [0.1, 0.15) is 42.9 Å². The molecule has 2 aromatic carbocycles. The van der Waals surface area contributed by atoms with Gasteiger partial charge in [0.25, 0.3) is 0 Å². The third-order valence-corrected chi connectivity index (χ3v) is 5.64. The average molecular weight is 395 g/mol. The van der Waals surface area contributed by atoms with Crippen LogP contribution in [-0.4, -0.2) is 37.0 Å². The largest absolute Gasteiger partial charge is 0.494 e. The molecule has 1 amide bonds. The molecule has 0 spiro atoms. The van der Waals surface area contributed by atoms with E-state index in [2.05, 4.69) is 47.5 Å². The summed E-state index contributed by atoms with van der Waals surface area (Å²) < 4.78 is 5.68. The number of hydrogen-bond acceptors (Lipinski definition) is 3. The van der Waals surface area contributed by atoms with Gasteiger partial charge < -0.3 is 10.1 Å². The molecular weight excluding hydrogens is 360 g/mol. The molecule has 0 aliphatic carbocycles. The number of nitrogens with one attached hydrogen (secondary N) is 1. The smallest absolute Gasteiger partial charge is 0.223 e. The van der Waals surface area contributed by atoms with Crippen LogP contribution < -0.4 is 10.1 Å². The fourth-order valence-corrected chi connectivity index (χ4v) is 4.06. The Bertz CT molecular complexity index is 782. The van der Waals surface area contributed by atoms with Gasteiger partial charge in [0.2, 0.25) is 5.91 Å². The number of hydrogen-bond donors (Lipinski definition) is 1. The fraction of sp³-hybridized carbons (Fsp3) is 0.480. The summed E-state index contributed by atoms with van der Waals surface area (Å²) in [6.45, 7) is 8.51. The van der Waals surface area contributed by atoms with Crippen molar-refractivity contribution in [1.29, 1.82) is 0 Å². The van der Waals surface area contributed by atoms with Crippen molar-refractivity contribution < 1.29 is 9.53 Å². The second-order valence-corrected chi connectivity index (χ2v) is 7.97. The molecular formula is C25H34N2O2. The standard InChI is InChI=1S/C25H34N2O2/c1-3-29-24-12-5-4-10-22(24)11-7-15-26-25(28)23-13-16-27(17-14-23)19-21-9-6-8-20(2)18-21/h4-6,8-10,12,18,23H,3,7,11,13-17,19H2,1-2H3,(H,26,28). The third kappa shape index (κ3) is 6.60. The van der Waals surface area contributed by atoms with Crippen LogP contribution in [0.2, 0.25) is 0 Å². The Kier molecular flexibility index (Phi) is 8.12. The maximum atomic E-state index is 12.5. The molecule has 156 valence electrons. The van der Waals surface area contributed by atoms with Crippen LogP contribution in [0, 0.1) is 12.8 Å². The highest BCUT2D eigenvalue weighted by atomic mass is 16.5. The van der Waals surface area contributed by atoms with Crippen LogP contribution in [-0.2, 0) is 17.8 Å². The molecule has 0 saturated carbocycles. The van der Waals surface area contributed by atoms with Gasteiger partial charge in [-0.3, -0.25) is 9.69 Å². The molecule has 0 bridgehead atoms. The van der Waals surface area contributed by atoms with Gasteiger partial charge in [-0.1, -0.05) is 48.0 Å². The molecule has 0 atom stereocenters. The average Bonchev–Trinajstić information content (AvgIpc) is 2.73. The molecule has 1 aliphatic rings. The minimum Gasteiger partial charge on any atom is -0.494 e. The van der Waals surface area contributed by atoms with E-state index in [1.807, 2.05) is 25.1 Å². The van der Waals surface area contributed by atoms with E-state index in [0.717, 1.165) is 57.6 Å². The van der Waals surface area contributed by atoms with E-state index in [0.29, 0.717) is 6.61 Å². The van der Waals surface area contributed by atoms with Gasteiger partial charge in [0.15, 0.2) is 0 Å². The van der Waals surface area contributed by atoms with Gasteiger partial charge in [0, 0.05) is 19.0 Å². The molecule has 0 radical (unpaired) electrons. The van der Waals surface area contributed by atoms with Crippen molar-refractivity contribution in [3.05, 3.63) is 65.2 Å². The van der Waals surface area contributed by atoms with Crippen LogP contribution in [0.25, 0.3) is 0 Å². The van der Waals surface area contributed by atoms with Crippen molar-refractivity contribution in [2.75, 3.05) is 26.2 Å². The molecule has 29 heavy (non-hydrogen) atoms. The number of para-hydroxylation sites is 1. The van der Waals surface area contributed by atoms with Crippen LogP contribution >= 0.6 is 0 Å². The number of carbonyl (C=O) groups excluding carboxylic acids is 1. The van der Waals surface area contributed by atoms with E-state index >= 15 is 0 Å². The van der Waals surface area contributed by atoms with Gasteiger partial charge in [-0.25, -0.2) is 0 Å². The monoisotopic (exact) mass is 394 g/mol. The Morgan fingerprint density at radius 3 is 2.69 bits per heavy atom.